The van der Waals surface area contributed by atoms with E-state index >= 15 is 0 Å². The second-order valence-corrected chi connectivity index (χ2v) is 13.6. The molecule has 1 atom stereocenters. The molecule has 0 radical (unpaired) electrons. The van der Waals surface area contributed by atoms with Gasteiger partial charge in [0, 0.05) is 36.4 Å². The first-order valence-corrected chi connectivity index (χ1v) is 17.0. The summed E-state index contributed by atoms with van der Waals surface area (Å²) in [5.41, 5.74) is 3.18. The van der Waals surface area contributed by atoms with E-state index in [0.29, 0.717) is 23.1 Å². The average Bonchev–Trinajstić information content (AvgIpc) is 3.75. The molecule has 3 aliphatic rings. The number of rotatable bonds is 10. The fourth-order valence-electron chi connectivity index (χ4n) is 6.76. The van der Waals surface area contributed by atoms with Crippen LogP contribution in [0.15, 0.2) is 91.5 Å². The monoisotopic (exact) mass is 698 g/mol. The Kier molecular flexibility index (Phi) is 8.20. The summed E-state index contributed by atoms with van der Waals surface area (Å²) in [6, 6.07) is 20.2. The van der Waals surface area contributed by atoms with Crippen LogP contribution in [0.2, 0.25) is 0 Å². The summed E-state index contributed by atoms with van der Waals surface area (Å²) in [4.78, 5) is 61.0. The van der Waals surface area contributed by atoms with Gasteiger partial charge >= 0.3 is 0 Å². The fraction of sp³-hybridized carbons (Fsp3) is 0.263. The number of ether oxygens (including phenoxy) is 2. The first-order valence-electron chi connectivity index (χ1n) is 17.0. The molecule has 3 aromatic carbocycles. The van der Waals surface area contributed by atoms with Crippen molar-refractivity contribution in [1.82, 2.24) is 35.2 Å². The Morgan fingerprint density at radius 1 is 0.827 bits per heavy atom. The van der Waals surface area contributed by atoms with Crippen LogP contribution in [0.3, 0.4) is 0 Å². The molecule has 262 valence electrons. The van der Waals surface area contributed by atoms with Crippen LogP contribution in [0.4, 0.5) is 5.69 Å². The molecule has 0 spiro atoms. The number of hydrogen-bond donors (Lipinski definition) is 2. The largest absolute Gasteiger partial charge is 0.490 e. The van der Waals surface area contributed by atoms with Gasteiger partial charge in [0.2, 0.25) is 17.7 Å². The van der Waals surface area contributed by atoms with Gasteiger partial charge in [0.15, 0.2) is 5.82 Å². The molecule has 2 aliphatic heterocycles. The molecule has 1 saturated carbocycles. The highest BCUT2D eigenvalue weighted by atomic mass is 16.5. The third-order valence-corrected chi connectivity index (χ3v) is 9.81. The van der Waals surface area contributed by atoms with Gasteiger partial charge in [0.25, 0.3) is 11.8 Å². The van der Waals surface area contributed by atoms with Crippen molar-refractivity contribution < 1.29 is 28.7 Å². The van der Waals surface area contributed by atoms with E-state index in [4.69, 9.17) is 9.47 Å². The van der Waals surface area contributed by atoms with Crippen molar-refractivity contribution in [2.24, 2.45) is 0 Å². The molecule has 1 saturated heterocycles. The minimum absolute atomic E-state index is 0.0331. The van der Waals surface area contributed by atoms with Crippen LogP contribution in [0.25, 0.3) is 5.82 Å². The van der Waals surface area contributed by atoms with Gasteiger partial charge in [-0.25, -0.2) is 0 Å². The van der Waals surface area contributed by atoms with E-state index in [1.54, 1.807) is 36.8 Å². The van der Waals surface area contributed by atoms with Gasteiger partial charge in [-0.3, -0.25) is 34.4 Å². The number of anilines is 1. The Labute approximate surface area is 298 Å². The summed E-state index contributed by atoms with van der Waals surface area (Å²) in [6.45, 7) is 4.34. The van der Waals surface area contributed by atoms with Crippen molar-refractivity contribution in [3.63, 3.8) is 0 Å². The molecule has 14 nitrogen and oxygen atoms in total. The highest BCUT2D eigenvalue weighted by Crippen LogP contribution is 2.36. The van der Waals surface area contributed by atoms with E-state index in [9.17, 15) is 19.2 Å². The molecular formula is C38H34N8O6. The minimum atomic E-state index is -0.990. The number of carbonyl (C=O) groups is 4. The summed E-state index contributed by atoms with van der Waals surface area (Å²) in [7, 11) is 0. The van der Waals surface area contributed by atoms with Crippen LogP contribution in [0, 0.1) is 0 Å². The SMILES string of the molecule is CC(C)(c1ccc(Oc2cncc(-n3nccn3)n2)cc1)c1ccc(O[C@H]2C[C@H](Nc3ccc4c(c3)C(=O)N(C3CCC(=O)NC3=O)C4=O)C2)cc1. The maximum Gasteiger partial charge on any atom is 0.262 e. The zero-order valence-electron chi connectivity index (χ0n) is 28.4. The van der Waals surface area contributed by atoms with Gasteiger partial charge < -0.3 is 14.8 Å². The summed E-state index contributed by atoms with van der Waals surface area (Å²) < 4.78 is 12.2. The Morgan fingerprint density at radius 3 is 2.19 bits per heavy atom. The molecule has 1 unspecified atom stereocenters. The lowest BCUT2D eigenvalue weighted by Crippen LogP contribution is -2.54. The van der Waals surface area contributed by atoms with Crippen LogP contribution < -0.4 is 20.1 Å². The number of aromatic nitrogens is 5. The number of nitrogens with one attached hydrogen (secondary N) is 2. The quantitative estimate of drug-likeness (QED) is 0.196. The Balaban J connectivity index is 0.840. The van der Waals surface area contributed by atoms with Crippen molar-refractivity contribution in [2.75, 3.05) is 5.32 Å². The summed E-state index contributed by atoms with van der Waals surface area (Å²) in [6.07, 6.45) is 8.00. The van der Waals surface area contributed by atoms with E-state index < -0.39 is 29.7 Å². The minimum Gasteiger partial charge on any atom is -0.490 e. The van der Waals surface area contributed by atoms with Gasteiger partial charge in [-0.2, -0.15) is 15.2 Å². The van der Waals surface area contributed by atoms with Crippen LogP contribution in [-0.2, 0) is 15.0 Å². The first kappa shape index (κ1) is 32.7. The van der Waals surface area contributed by atoms with Gasteiger partial charge in [-0.15, -0.1) is 4.80 Å². The Bertz CT molecular complexity index is 2180. The summed E-state index contributed by atoms with van der Waals surface area (Å²) in [5, 5.41) is 13.8. The molecule has 4 amide bonds. The lowest BCUT2D eigenvalue weighted by Gasteiger charge is -2.36. The van der Waals surface area contributed by atoms with Crippen molar-refractivity contribution >= 4 is 29.3 Å². The lowest BCUT2D eigenvalue weighted by atomic mass is 9.78. The van der Waals surface area contributed by atoms with E-state index in [1.165, 1.54) is 11.0 Å². The number of fused-ring (bicyclic) bond motifs is 1. The highest BCUT2D eigenvalue weighted by molar-refractivity contribution is 6.23. The van der Waals surface area contributed by atoms with E-state index in [-0.39, 0.29) is 41.5 Å². The lowest BCUT2D eigenvalue weighted by molar-refractivity contribution is -0.136. The first-order chi connectivity index (χ1) is 25.1. The predicted molar refractivity (Wildman–Crippen MR) is 186 cm³/mol. The zero-order valence-corrected chi connectivity index (χ0v) is 28.4. The smallest absolute Gasteiger partial charge is 0.262 e. The molecule has 14 heteroatoms. The van der Waals surface area contributed by atoms with Crippen molar-refractivity contribution in [2.45, 2.75) is 63.1 Å². The molecule has 5 aromatic rings. The number of piperidine rings is 1. The summed E-state index contributed by atoms with van der Waals surface area (Å²) in [5.74, 6) is 0.138. The van der Waals surface area contributed by atoms with Crippen LogP contribution in [-0.4, -0.2) is 71.7 Å². The number of nitrogens with zero attached hydrogens (tertiary/aromatic N) is 6. The van der Waals surface area contributed by atoms with Crippen molar-refractivity contribution in [3.8, 4) is 23.2 Å². The van der Waals surface area contributed by atoms with Gasteiger partial charge in [0.05, 0.1) is 35.9 Å². The number of amides is 4. The number of hydrogen-bond acceptors (Lipinski definition) is 11. The maximum absolute atomic E-state index is 13.2. The zero-order chi connectivity index (χ0) is 36.0. The van der Waals surface area contributed by atoms with Crippen LogP contribution in [0.5, 0.6) is 17.4 Å². The average molecular weight is 699 g/mol. The Hall–Kier alpha value is -6.44. The van der Waals surface area contributed by atoms with Gasteiger partial charge in [-0.05, 0) is 60.0 Å². The predicted octanol–water partition coefficient (Wildman–Crippen LogP) is 4.60. The second kappa shape index (κ2) is 13.0. The molecule has 8 rings (SSSR count). The summed E-state index contributed by atoms with van der Waals surface area (Å²) >= 11 is 0. The highest BCUT2D eigenvalue weighted by Gasteiger charge is 2.45. The molecule has 1 aliphatic carbocycles. The maximum atomic E-state index is 13.2. The van der Waals surface area contributed by atoms with Gasteiger partial charge in [0.1, 0.15) is 23.6 Å². The molecule has 2 aromatic heterocycles. The topological polar surface area (TPSA) is 171 Å². The fourth-order valence-corrected chi connectivity index (χ4v) is 6.76. The molecule has 2 N–H and O–H groups in total. The standard InChI is InChI=1S/C38H34N8O6/c1-38(2,23-5-10-27(11-6-23)52-34-21-39-20-32(43-34)46-40-15-16-41-46)22-3-8-26(9-4-22)51-28-17-25(18-28)42-24-7-12-29-30(19-24)37(50)45(36(29)49)31-13-14-33(47)44-35(31)48/h3-12,15-16,19-21,25,28,31,42H,13-14,17-18H2,1-2H3,(H,44,47,48)/t25-,28-,31?. The van der Waals surface area contributed by atoms with E-state index in [2.05, 4.69) is 56.8 Å². The van der Waals surface area contributed by atoms with Crippen molar-refractivity contribution in [3.05, 3.63) is 114 Å². The molecular weight excluding hydrogens is 664 g/mol. The third-order valence-electron chi connectivity index (χ3n) is 9.81. The second-order valence-electron chi connectivity index (χ2n) is 13.6. The molecule has 52 heavy (non-hydrogen) atoms. The van der Waals surface area contributed by atoms with E-state index in [1.807, 2.05) is 36.4 Å². The molecule has 2 fully saturated rings. The number of carbonyl (C=O) groups excluding carboxylic acids is 4. The van der Waals surface area contributed by atoms with Crippen LogP contribution >= 0.6 is 0 Å². The van der Waals surface area contributed by atoms with Crippen LogP contribution in [0.1, 0.15) is 71.4 Å². The van der Waals surface area contributed by atoms with E-state index in [0.717, 1.165) is 34.6 Å². The molecule has 4 heterocycles. The number of imide groups is 2. The van der Waals surface area contributed by atoms with Crippen molar-refractivity contribution in [1.29, 1.82) is 0 Å². The normalized spacial score (nSPS) is 19.9. The van der Waals surface area contributed by atoms with Gasteiger partial charge in [-0.1, -0.05) is 38.1 Å². The molecule has 0 bridgehead atoms. The number of benzene rings is 3. The third kappa shape index (κ3) is 6.23. The Morgan fingerprint density at radius 2 is 1.50 bits per heavy atom.